The summed E-state index contributed by atoms with van der Waals surface area (Å²) in [4.78, 5) is 6.36. The Morgan fingerprint density at radius 2 is 2.00 bits per heavy atom. The van der Waals surface area contributed by atoms with Gasteiger partial charge in [0.25, 0.3) is 0 Å². The molecule has 4 nitrogen and oxygen atoms in total. The standard InChI is InChI=1S/C15H20FN3O/c1-4-19(14-7-5-12(16)6-8-14)15-18-13(10-20-15)9-17-11(2)3/h5-8,10-11,17H,4,9H2,1-3H3. The Hall–Kier alpha value is -1.88. The van der Waals surface area contributed by atoms with E-state index in [-0.39, 0.29) is 5.82 Å². The largest absolute Gasteiger partial charge is 0.431 e. The first-order chi connectivity index (χ1) is 9.60. The van der Waals surface area contributed by atoms with Crippen molar-refractivity contribution in [2.45, 2.75) is 33.4 Å². The predicted octanol–water partition coefficient (Wildman–Crippen LogP) is 3.47. The Morgan fingerprint density at radius 3 is 2.60 bits per heavy atom. The molecule has 2 aromatic rings. The molecule has 2 rings (SSSR count). The van der Waals surface area contributed by atoms with Gasteiger partial charge in [0.15, 0.2) is 0 Å². The van der Waals surface area contributed by atoms with E-state index in [9.17, 15) is 4.39 Å². The van der Waals surface area contributed by atoms with Gasteiger partial charge < -0.3 is 9.73 Å². The monoisotopic (exact) mass is 277 g/mol. The van der Waals surface area contributed by atoms with Crippen molar-refractivity contribution in [3.8, 4) is 0 Å². The van der Waals surface area contributed by atoms with E-state index < -0.39 is 0 Å². The Labute approximate surface area is 118 Å². The van der Waals surface area contributed by atoms with E-state index in [1.54, 1.807) is 18.4 Å². The second-order valence-electron chi connectivity index (χ2n) is 4.88. The second kappa shape index (κ2) is 6.52. The van der Waals surface area contributed by atoms with E-state index in [2.05, 4.69) is 24.1 Å². The molecule has 0 unspecified atom stereocenters. The maximum Gasteiger partial charge on any atom is 0.302 e. The summed E-state index contributed by atoms with van der Waals surface area (Å²) in [6.07, 6.45) is 1.65. The van der Waals surface area contributed by atoms with Crippen LogP contribution in [0.15, 0.2) is 34.9 Å². The third-order valence-electron chi connectivity index (χ3n) is 2.92. The molecule has 1 heterocycles. The number of halogens is 1. The van der Waals surface area contributed by atoms with E-state index in [0.717, 1.165) is 11.4 Å². The number of nitrogens with zero attached hydrogens (tertiary/aromatic N) is 2. The average molecular weight is 277 g/mol. The van der Waals surface area contributed by atoms with Crippen molar-refractivity contribution < 1.29 is 8.81 Å². The highest BCUT2D eigenvalue weighted by molar-refractivity contribution is 5.55. The Balaban J connectivity index is 2.13. The molecular formula is C15H20FN3O. The summed E-state index contributed by atoms with van der Waals surface area (Å²) < 4.78 is 18.5. The second-order valence-corrected chi connectivity index (χ2v) is 4.88. The van der Waals surface area contributed by atoms with Crippen molar-refractivity contribution in [2.24, 2.45) is 0 Å². The molecule has 0 atom stereocenters. The molecule has 1 aromatic carbocycles. The molecule has 0 bridgehead atoms. The van der Waals surface area contributed by atoms with Crippen molar-refractivity contribution >= 4 is 11.7 Å². The minimum absolute atomic E-state index is 0.251. The molecule has 0 aliphatic rings. The lowest BCUT2D eigenvalue weighted by atomic mass is 10.3. The van der Waals surface area contributed by atoms with Gasteiger partial charge >= 0.3 is 6.01 Å². The van der Waals surface area contributed by atoms with Crippen LogP contribution in [0.5, 0.6) is 0 Å². The van der Waals surface area contributed by atoms with Crippen LogP contribution < -0.4 is 10.2 Å². The van der Waals surface area contributed by atoms with E-state index in [1.165, 1.54) is 12.1 Å². The third kappa shape index (κ3) is 3.57. The predicted molar refractivity (Wildman–Crippen MR) is 77.6 cm³/mol. The molecule has 0 fully saturated rings. The smallest absolute Gasteiger partial charge is 0.302 e. The van der Waals surface area contributed by atoms with Gasteiger partial charge in [-0.2, -0.15) is 4.98 Å². The number of hydrogen-bond donors (Lipinski definition) is 1. The van der Waals surface area contributed by atoms with E-state index in [1.807, 2.05) is 11.8 Å². The fourth-order valence-electron chi connectivity index (χ4n) is 1.86. The summed E-state index contributed by atoms with van der Waals surface area (Å²) in [7, 11) is 0. The molecule has 5 heteroatoms. The van der Waals surface area contributed by atoms with E-state index in [0.29, 0.717) is 25.1 Å². The van der Waals surface area contributed by atoms with Crippen molar-refractivity contribution in [3.05, 3.63) is 42.0 Å². The first-order valence-corrected chi connectivity index (χ1v) is 6.81. The van der Waals surface area contributed by atoms with Gasteiger partial charge in [0.05, 0.1) is 5.69 Å². The maximum atomic E-state index is 13.0. The molecule has 0 amide bonds. The van der Waals surface area contributed by atoms with Gasteiger partial charge in [0.2, 0.25) is 0 Å². The van der Waals surface area contributed by atoms with Crippen LogP contribution in [0.25, 0.3) is 0 Å². The number of rotatable bonds is 6. The van der Waals surface area contributed by atoms with E-state index >= 15 is 0 Å². The zero-order valence-electron chi connectivity index (χ0n) is 12.1. The molecular weight excluding hydrogens is 257 g/mol. The number of benzene rings is 1. The lowest BCUT2D eigenvalue weighted by Gasteiger charge is -2.18. The lowest BCUT2D eigenvalue weighted by Crippen LogP contribution is -2.22. The van der Waals surface area contributed by atoms with Crippen LogP contribution in [0, 0.1) is 5.82 Å². The summed E-state index contributed by atoms with van der Waals surface area (Å²) >= 11 is 0. The van der Waals surface area contributed by atoms with Gasteiger partial charge in [-0.25, -0.2) is 4.39 Å². The molecule has 1 N–H and O–H groups in total. The molecule has 0 saturated carbocycles. The van der Waals surface area contributed by atoms with Gasteiger partial charge in [-0.05, 0) is 31.2 Å². The molecule has 0 saturated heterocycles. The molecule has 0 radical (unpaired) electrons. The molecule has 0 aliphatic heterocycles. The minimum atomic E-state index is -0.251. The molecule has 0 aliphatic carbocycles. The molecule has 108 valence electrons. The zero-order valence-corrected chi connectivity index (χ0v) is 12.1. The number of aromatic nitrogens is 1. The van der Waals surface area contributed by atoms with Crippen molar-refractivity contribution in [3.63, 3.8) is 0 Å². The quantitative estimate of drug-likeness (QED) is 0.877. The first-order valence-electron chi connectivity index (χ1n) is 6.81. The van der Waals surface area contributed by atoms with Crippen molar-refractivity contribution in [2.75, 3.05) is 11.4 Å². The Kier molecular flexibility index (Phi) is 4.74. The van der Waals surface area contributed by atoms with E-state index in [4.69, 9.17) is 4.42 Å². The fraction of sp³-hybridized carbons (Fsp3) is 0.400. The average Bonchev–Trinajstić information content (AvgIpc) is 2.88. The highest BCUT2D eigenvalue weighted by Gasteiger charge is 2.13. The lowest BCUT2D eigenvalue weighted by molar-refractivity contribution is 0.547. The minimum Gasteiger partial charge on any atom is -0.431 e. The van der Waals surface area contributed by atoms with Crippen LogP contribution in [-0.4, -0.2) is 17.6 Å². The molecule has 1 aromatic heterocycles. The summed E-state index contributed by atoms with van der Waals surface area (Å²) in [5.74, 6) is -0.251. The third-order valence-corrected chi connectivity index (χ3v) is 2.92. The first kappa shape index (κ1) is 14.5. The highest BCUT2D eigenvalue weighted by atomic mass is 19.1. The normalized spacial score (nSPS) is 11.1. The molecule has 20 heavy (non-hydrogen) atoms. The van der Waals surface area contributed by atoms with Crippen LogP contribution in [0.1, 0.15) is 26.5 Å². The Morgan fingerprint density at radius 1 is 1.30 bits per heavy atom. The summed E-state index contributed by atoms with van der Waals surface area (Å²) in [6, 6.07) is 7.23. The van der Waals surface area contributed by atoms with Crippen LogP contribution in [0.4, 0.5) is 16.1 Å². The van der Waals surface area contributed by atoms with Gasteiger partial charge in [0, 0.05) is 24.8 Å². The van der Waals surface area contributed by atoms with Gasteiger partial charge in [-0.1, -0.05) is 13.8 Å². The zero-order chi connectivity index (χ0) is 14.5. The van der Waals surface area contributed by atoms with Crippen LogP contribution >= 0.6 is 0 Å². The summed E-state index contributed by atoms with van der Waals surface area (Å²) in [6.45, 7) is 7.53. The molecule has 0 spiro atoms. The van der Waals surface area contributed by atoms with Crippen LogP contribution in [0.2, 0.25) is 0 Å². The SMILES string of the molecule is CCN(c1ccc(F)cc1)c1nc(CNC(C)C)co1. The topological polar surface area (TPSA) is 41.3 Å². The van der Waals surface area contributed by atoms with Crippen molar-refractivity contribution in [1.29, 1.82) is 0 Å². The summed E-state index contributed by atoms with van der Waals surface area (Å²) in [5, 5.41) is 3.29. The van der Waals surface area contributed by atoms with Crippen molar-refractivity contribution in [1.82, 2.24) is 10.3 Å². The van der Waals surface area contributed by atoms with Crippen LogP contribution in [0.3, 0.4) is 0 Å². The number of hydrogen-bond acceptors (Lipinski definition) is 4. The number of anilines is 2. The van der Waals surface area contributed by atoms with Crippen LogP contribution in [-0.2, 0) is 6.54 Å². The number of nitrogens with one attached hydrogen (secondary N) is 1. The highest BCUT2D eigenvalue weighted by Crippen LogP contribution is 2.24. The van der Waals surface area contributed by atoms with Gasteiger partial charge in [-0.15, -0.1) is 0 Å². The Bertz CT molecular complexity index is 536. The summed E-state index contributed by atoms with van der Waals surface area (Å²) in [5.41, 5.74) is 1.72. The number of oxazole rings is 1. The van der Waals surface area contributed by atoms with Gasteiger partial charge in [-0.3, -0.25) is 4.90 Å². The fourth-order valence-corrected chi connectivity index (χ4v) is 1.86. The maximum absolute atomic E-state index is 13.0. The van der Waals surface area contributed by atoms with Gasteiger partial charge in [0.1, 0.15) is 12.1 Å².